The van der Waals surface area contributed by atoms with Gasteiger partial charge >= 0.3 is 0 Å². The number of nitrogens with one attached hydrogen (secondary N) is 1. The largest absolute Gasteiger partial charge is 0.341 e. The number of hydrogen-bond acceptors (Lipinski definition) is 4. The molecule has 0 fully saturated rings. The molecule has 2 heterocycles. The minimum atomic E-state index is -2.19. The highest BCUT2D eigenvalue weighted by molar-refractivity contribution is 5.74. The van der Waals surface area contributed by atoms with Gasteiger partial charge < -0.3 is 10.7 Å². The lowest BCUT2D eigenvalue weighted by Gasteiger charge is -2.34. The number of aromatic amines is 1. The Balaban J connectivity index is 1.76. The molecule has 0 radical (unpaired) electrons. The van der Waals surface area contributed by atoms with Gasteiger partial charge in [0.1, 0.15) is 5.82 Å². The van der Waals surface area contributed by atoms with Crippen molar-refractivity contribution in [3.63, 3.8) is 0 Å². The Morgan fingerprint density at radius 1 is 1.35 bits per heavy atom. The Labute approximate surface area is 165 Å². The van der Waals surface area contributed by atoms with Crippen molar-refractivity contribution in [1.29, 1.82) is 0 Å². The Morgan fingerprint density at radius 2 is 2.27 bits per heavy atom. The van der Waals surface area contributed by atoms with Crippen molar-refractivity contribution in [3.8, 4) is 0 Å². The number of rotatable bonds is 7. The summed E-state index contributed by atoms with van der Waals surface area (Å²) in [6.07, 6.45) is -1.36. The maximum atomic E-state index is 8.47. The minimum Gasteiger partial charge on any atom is -0.341 e. The molecular weight excluding hydrogens is 322 g/mol. The number of aryl methyl sites for hydroxylation is 1. The predicted octanol–water partition coefficient (Wildman–Crippen LogP) is 3.58. The number of imidazole rings is 1. The molecule has 136 valence electrons. The molecule has 0 amide bonds. The first-order valence-corrected chi connectivity index (χ1v) is 8.84. The van der Waals surface area contributed by atoms with E-state index in [4.69, 9.17) is 16.7 Å². The summed E-state index contributed by atoms with van der Waals surface area (Å²) in [5, 5.41) is 0. The highest BCUT2D eigenvalue weighted by Crippen LogP contribution is 2.33. The summed E-state index contributed by atoms with van der Waals surface area (Å²) in [6, 6.07) is 1.56. The van der Waals surface area contributed by atoms with E-state index in [2.05, 4.69) is 15.0 Å². The second-order valence-electron chi connectivity index (χ2n) is 6.33. The molecule has 0 saturated heterocycles. The molecule has 1 aliphatic rings. The van der Waals surface area contributed by atoms with Gasteiger partial charge in [0.15, 0.2) is 0 Å². The lowest BCUT2D eigenvalue weighted by atomic mass is 9.90. The summed E-state index contributed by atoms with van der Waals surface area (Å²) < 4.78 is 65.9. The van der Waals surface area contributed by atoms with Gasteiger partial charge in [0.25, 0.3) is 0 Å². The van der Waals surface area contributed by atoms with Crippen molar-refractivity contribution < 1.29 is 11.0 Å². The fourth-order valence-corrected chi connectivity index (χ4v) is 3.29. The summed E-state index contributed by atoms with van der Waals surface area (Å²) in [5.41, 5.74) is 6.75. The molecule has 1 atom stereocenters. The van der Waals surface area contributed by atoms with E-state index < -0.39 is 18.8 Å². The summed E-state index contributed by atoms with van der Waals surface area (Å²) >= 11 is 0. The molecular formula is C21H27N5. The normalized spacial score (nSPS) is 25.2. The van der Waals surface area contributed by atoms with E-state index in [1.807, 2.05) is 4.90 Å². The number of hydrogen-bond donors (Lipinski definition) is 2. The molecule has 26 heavy (non-hydrogen) atoms. The number of para-hydroxylation sites is 2. The van der Waals surface area contributed by atoms with E-state index in [1.54, 1.807) is 18.3 Å². The summed E-state index contributed by atoms with van der Waals surface area (Å²) in [5.74, 6) is 0.418. The van der Waals surface area contributed by atoms with E-state index in [0.717, 1.165) is 12.8 Å². The molecule has 3 N–H and O–H groups in total. The Kier molecular flexibility index (Phi) is 3.12. The van der Waals surface area contributed by atoms with Crippen LogP contribution in [0.25, 0.3) is 11.0 Å². The first kappa shape index (κ1) is 10.2. The zero-order valence-corrected chi connectivity index (χ0v) is 14.5. The molecule has 4 rings (SSSR count). The van der Waals surface area contributed by atoms with Crippen molar-refractivity contribution in [2.75, 3.05) is 13.1 Å². The van der Waals surface area contributed by atoms with Crippen LogP contribution < -0.4 is 5.73 Å². The van der Waals surface area contributed by atoms with Gasteiger partial charge in [-0.3, -0.25) is 9.88 Å². The van der Waals surface area contributed by atoms with E-state index in [0.29, 0.717) is 24.6 Å². The molecule has 3 aromatic rings. The number of pyridine rings is 1. The van der Waals surface area contributed by atoms with Gasteiger partial charge in [0.05, 0.1) is 34.8 Å². The summed E-state index contributed by atoms with van der Waals surface area (Å²) in [7, 11) is 0. The molecule has 0 aliphatic heterocycles. The second-order valence-corrected chi connectivity index (χ2v) is 6.33. The van der Waals surface area contributed by atoms with Gasteiger partial charge in [0.2, 0.25) is 0 Å². The minimum absolute atomic E-state index is 0.103. The zero-order valence-electron chi connectivity index (χ0n) is 22.5. The highest BCUT2D eigenvalue weighted by Gasteiger charge is 2.27. The van der Waals surface area contributed by atoms with Crippen molar-refractivity contribution in [1.82, 2.24) is 19.9 Å². The zero-order chi connectivity index (χ0) is 24.8. The fourth-order valence-electron chi connectivity index (χ4n) is 3.29. The average Bonchev–Trinajstić information content (AvgIpc) is 3.23. The summed E-state index contributed by atoms with van der Waals surface area (Å²) in [4.78, 5) is 13.9. The quantitative estimate of drug-likeness (QED) is 0.634. The lowest BCUT2D eigenvalue weighted by Crippen LogP contribution is -2.33. The first-order valence-electron chi connectivity index (χ1n) is 12.8. The number of H-pyrrole nitrogens is 1. The van der Waals surface area contributed by atoms with Crippen LogP contribution >= 0.6 is 0 Å². The van der Waals surface area contributed by atoms with Gasteiger partial charge in [-0.05, 0) is 68.8 Å². The third-order valence-electron chi connectivity index (χ3n) is 4.55. The maximum Gasteiger partial charge on any atom is 0.121 e. The van der Waals surface area contributed by atoms with Gasteiger partial charge in [-0.1, -0.05) is 18.2 Å². The van der Waals surface area contributed by atoms with E-state index in [-0.39, 0.29) is 53.7 Å². The number of benzene rings is 1. The number of nitrogens with zero attached hydrogens (tertiary/aromatic N) is 3. The van der Waals surface area contributed by atoms with Gasteiger partial charge in [-0.2, -0.15) is 0 Å². The smallest absolute Gasteiger partial charge is 0.121 e. The van der Waals surface area contributed by atoms with Crippen molar-refractivity contribution in [2.45, 2.75) is 44.6 Å². The van der Waals surface area contributed by atoms with Crippen molar-refractivity contribution in [2.24, 2.45) is 5.73 Å². The van der Waals surface area contributed by atoms with Crippen molar-refractivity contribution >= 4 is 11.0 Å². The SMILES string of the molecule is [2H]c1c([2H])c([2H])c2[nH]c(CN(CCCCN)[C@H]3CC([2H])([2H])C([2H])([2H])c4cccnc43)nc2c1[2H]. The highest BCUT2D eigenvalue weighted by atomic mass is 15.2. The van der Waals surface area contributed by atoms with E-state index in [9.17, 15) is 0 Å². The van der Waals surface area contributed by atoms with Crippen LogP contribution in [0.2, 0.25) is 0 Å². The van der Waals surface area contributed by atoms with E-state index in [1.165, 1.54) is 0 Å². The molecule has 0 bridgehead atoms. The predicted molar refractivity (Wildman–Crippen MR) is 105 cm³/mol. The van der Waals surface area contributed by atoms with Crippen LogP contribution in [0.1, 0.15) is 59.7 Å². The molecule has 0 spiro atoms. The molecule has 5 nitrogen and oxygen atoms in total. The second kappa shape index (κ2) is 7.98. The van der Waals surface area contributed by atoms with E-state index >= 15 is 0 Å². The summed E-state index contributed by atoms with van der Waals surface area (Å²) in [6.45, 7) is 1.24. The molecule has 0 saturated carbocycles. The standard InChI is InChI=1S/C21H27N5/c22-12-3-4-14-26(15-20-24-17-9-1-2-10-18(17)25-20)19-11-5-7-16-8-6-13-23-21(16)19/h1-2,6,8-10,13,19H,3-5,7,11-12,14-15,22H2,(H,24,25)/t19-/m0/s1/i1D,2D,5D2,7D2,9D,10D. The lowest BCUT2D eigenvalue weighted by molar-refractivity contribution is 0.159. The van der Waals surface area contributed by atoms with Crippen LogP contribution in [0.4, 0.5) is 0 Å². The van der Waals surface area contributed by atoms with Crippen molar-refractivity contribution in [3.05, 3.63) is 59.6 Å². The van der Waals surface area contributed by atoms with Crippen LogP contribution in [0.15, 0.2) is 42.5 Å². The Morgan fingerprint density at radius 3 is 3.19 bits per heavy atom. The number of fused-ring (bicyclic) bond motifs is 2. The van der Waals surface area contributed by atoms with Crippen LogP contribution in [0.3, 0.4) is 0 Å². The third kappa shape index (κ3) is 3.64. The van der Waals surface area contributed by atoms with Crippen LogP contribution in [-0.4, -0.2) is 32.9 Å². The Hall–Kier alpha value is -2.24. The first-order chi connectivity index (χ1) is 16.0. The maximum absolute atomic E-state index is 8.47. The number of aromatic nitrogens is 3. The molecule has 1 aromatic carbocycles. The van der Waals surface area contributed by atoms with Gasteiger partial charge in [-0.15, -0.1) is 0 Å². The van der Waals surface area contributed by atoms with Crippen LogP contribution in [0, 0.1) is 0 Å². The average molecular weight is 358 g/mol. The number of unbranched alkanes of at least 4 members (excludes halogenated alkanes) is 1. The number of nitrogens with two attached hydrogens (primary N) is 1. The monoisotopic (exact) mass is 357 g/mol. The molecule has 1 aliphatic carbocycles. The van der Waals surface area contributed by atoms with Gasteiger partial charge in [-0.25, -0.2) is 4.98 Å². The fraction of sp³-hybridized carbons (Fsp3) is 0.429. The third-order valence-corrected chi connectivity index (χ3v) is 4.55. The van der Waals surface area contributed by atoms with Crippen LogP contribution in [-0.2, 0) is 12.9 Å². The van der Waals surface area contributed by atoms with Crippen LogP contribution in [0.5, 0.6) is 0 Å². The molecule has 5 heteroatoms. The Bertz CT molecular complexity index is 1170. The topological polar surface area (TPSA) is 70.8 Å². The van der Waals surface area contributed by atoms with Gasteiger partial charge in [0, 0.05) is 11.7 Å². The molecule has 0 unspecified atom stereocenters. The molecule has 2 aromatic heterocycles.